The summed E-state index contributed by atoms with van der Waals surface area (Å²) in [6.07, 6.45) is 2.35. The summed E-state index contributed by atoms with van der Waals surface area (Å²) < 4.78 is 13.1. The maximum Gasteiger partial charge on any atom is 0.123 e. The highest BCUT2D eigenvalue weighted by molar-refractivity contribution is 5.16. The van der Waals surface area contributed by atoms with E-state index in [0.717, 1.165) is 25.2 Å². The molecule has 0 bridgehead atoms. The van der Waals surface area contributed by atoms with Gasteiger partial charge in [-0.3, -0.25) is 4.90 Å². The average Bonchev–Trinajstić information content (AvgIpc) is 2.36. The molecule has 0 unspecified atom stereocenters. The van der Waals surface area contributed by atoms with Crippen LogP contribution in [0.3, 0.4) is 0 Å². The van der Waals surface area contributed by atoms with Crippen LogP contribution in [0.5, 0.6) is 0 Å². The zero-order valence-corrected chi connectivity index (χ0v) is 12.2. The number of nitrogens with one attached hydrogen (secondary N) is 1. The molecule has 2 nitrogen and oxygen atoms in total. The summed E-state index contributed by atoms with van der Waals surface area (Å²) in [4.78, 5) is 2.54. The first-order chi connectivity index (χ1) is 8.95. The molecule has 1 N–H and O–H groups in total. The molecule has 0 saturated carbocycles. The van der Waals surface area contributed by atoms with E-state index in [-0.39, 0.29) is 11.4 Å². The van der Waals surface area contributed by atoms with Gasteiger partial charge >= 0.3 is 0 Å². The van der Waals surface area contributed by atoms with Crippen LogP contribution in [0.2, 0.25) is 0 Å². The Hall–Kier alpha value is -0.930. The molecule has 1 aromatic rings. The quantitative estimate of drug-likeness (QED) is 0.902. The van der Waals surface area contributed by atoms with Crippen molar-refractivity contribution in [3.8, 4) is 0 Å². The van der Waals surface area contributed by atoms with E-state index in [2.05, 4.69) is 31.0 Å². The number of hydrogen-bond acceptors (Lipinski definition) is 2. The summed E-state index contributed by atoms with van der Waals surface area (Å²) in [6.45, 7) is 9.86. The average molecular weight is 264 g/mol. The molecule has 1 aromatic carbocycles. The van der Waals surface area contributed by atoms with Crippen molar-refractivity contribution in [2.45, 2.75) is 51.7 Å². The highest BCUT2D eigenvalue weighted by Gasteiger charge is 2.26. The molecule has 0 atom stereocenters. The van der Waals surface area contributed by atoms with E-state index in [1.807, 2.05) is 6.07 Å². The van der Waals surface area contributed by atoms with Gasteiger partial charge in [0.2, 0.25) is 0 Å². The molecule has 106 valence electrons. The van der Waals surface area contributed by atoms with Gasteiger partial charge in [0, 0.05) is 31.2 Å². The summed E-state index contributed by atoms with van der Waals surface area (Å²) >= 11 is 0. The highest BCUT2D eigenvalue weighted by Crippen LogP contribution is 2.20. The van der Waals surface area contributed by atoms with Gasteiger partial charge in [-0.25, -0.2) is 4.39 Å². The highest BCUT2D eigenvalue weighted by atomic mass is 19.1. The lowest BCUT2D eigenvalue weighted by molar-refractivity contribution is 0.0960. The first-order valence-electron chi connectivity index (χ1n) is 7.18. The smallest absolute Gasteiger partial charge is 0.123 e. The van der Waals surface area contributed by atoms with Crippen molar-refractivity contribution in [3.63, 3.8) is 0 Å². The van der Waals surface area contributed by atoms with E-state index in [4.69, 9.17) is 0 Å². The molecule has 0 aliphatic carbocycles. The van der Waals surface area contributed by atoms with Gasteiger partial charge < -0.3 is 5.32 Å². The molecule has 19 heavy (non-hydrogen) atoms. The van der Waals surface area contributed by atoms with Gasteiger partial charge in [-0.15, -0.1) is 0 Å². The van der Waals surface area contributed by atoms with E-state index in [1.165, 1.54) is 18.9 Å². The monoisotopic (exact) mass is 264 g/mol. The second kappa shape index (κ2) is 6.02. The molecule has 1 heterocycles. The Kier molecular flexibility index (Phi) is 4.58. The number of halogens is 1. The molecular weight excluding hydrogens is 239 g/mol. The van der Waals surface area contributed by atoms with E-state index in [0.29, 0.717) is 6.04 Å². The minimum Gasteiger partial charge on any atom is -0.310 e. The third-order valence-corrected chi connectivity index (χ3v) is 3.93. The van der Waals surface area contributed by atoms with Crippen molar-refractivity contribution in [2.24, 2.45) is 0 Å². The predicted molar refractivity (Wildman–Crippen MR) is 77.6 cm³/mol. The second-order valence-electron chi connectivity index (χ2n) is 6.44. The molecule has 1 aliphatic rings. The van der Waals surface area contributed by atoms with Crippen LogP contribution in [0, 0.1) is 5.82 Å². The Balaban J connectivity index is 1.77. The maximum absolute atomic E-state index is 13.1. The summed E-state index contributed by atoms with van der Waals surface area (Å²) in [5.41, 5.74) is 1.30. The fraction of sp³-hybridized carbons (Fsp3) is 0.625. The Morgan fingerprint density at radius 2 is 1.95 bits per heavy atom. The van der Waals surface area contributed by atoms with Crippen LogP contribution >= 0.6 is 0 Å². The molecule has 1 fully saturated rings. The molecular formula is C16H25FN2. The fourth-order valence-corrected chi connectivity index (χ4v) is 2.66. The summed E-state index contributed by atoms with van der Waals surface area (Å²) in [5, 5.41) is 3.54. The van der Waals surface area contributed by atoms with Crippen LogP contribution in [-0.2, 0) is 6.54 Å². The van der Waals surface area contributed by atoms with Crippen LogP contribution in [0.4, 0.5) is 4.39 Å². The van der Waals surface area contributed by atoms with Crippen LogP contribution < -0.4 is 5.32 Å². The predicted octanol–water partition coefficient (Wildman–Crippen LogP) is 3.18. The molecule has 3 heteroatoms. The van der Waals surface area contributed by atoms with Crippen molar-refractivity contribution in [2.75, 3.05) is 13.1 Å². The minimum atomic E-state index is -0.151. The lowest BCUT2D eigenvalue weighted by Crippen LogP contribution is -2.49. The number of benzene rings is 1. The molecule has 0 amide bonds. The zero-order valence-electron chi connectivity index (χ0n) is 12.2. The Morgan fingerprint density at radius 3 is 2.53 bits per heavy atom. The lowest BCUT2D eigenvalue weighted by Gasteiger charge is -2.41. The minimum absolute atomic E-state index is 0.151. The molecule has 0 aromatic heterocycles. The maximum atomic E-state index is 13.1. The standard InChI is InChI=1S/C16H25FN2/c1-16(2,3)19-9-7-15(8-10-19)18-12-13-5-4-6-14(17)11-13/h4-6,11,15,18H,7-10,12H2,1-3H3. The molecule has 2 rings (SSSR count). The molecule has 1 saturated heterocycles. The van der Waals surface area contributed by atoms with Crippen LogP contribution in [0.15, 0.2) is 24.3 Å². The topological polar surface area (TPSA) is 15.3 Å². The summed E-state index contributed by atoms with van der Waals surface area (Å²) in [5.74, 6) is -0.151. The Labute approximate surface area is 116 Å². The number of likely N-dealkylation sites (tertiary alicyclic amines) is 1. The second-order valence-corrected chi connectivity index (χ2v) is 6.44. The Morgan fingerprint density at radius 1 is 1.26 bits per heavy atom. The van der Waals surface area contributed by atoms with Crippen LogP contribution in [0.25, 0.3) is 0 Å². The van der Waals surface area contributed by atoms with Gasteiger partial charge in [-0.2, -0.15) is 0 Å². The first kappa shape index (κ1) is 14.5. The van der Waals surface area contributed by atoms with Gasteiger partial charge in [0.25, 0.3) is 0 Å². The largest absolute Gasteiger partial charge is 0.310 e. The number of nitrogens with zero attached hydrogens (tertiary/aromatic N) is 1. The van der Waals surface area contributed by atoms with E-state index in [1.54, 1.807) is 12.1 Å². The normalized spacial score (nSPS) is 18.7. The van der Waals surface area contributed by atoms with E-state index >= 15 is 0 Å². The number of rotatable bonds is 3. The van der Waals surface area contributed by atoms with Crippen molar-refractivity contribution in [1.82, 2.24) is 10.2 Å². The van der Waals surface area contributed by atoms with Crippen LogP contribution in [0.1, 0.15) is 39.2 Å². The van der Waals surface area contributed by atoms with Crippen molar-refractivity contribution < 1.29 is 4.39 Å². The van der Waals surface area contributed by atoms with Gasteiger partial charge in [0.1, 0.15) is 5.82 Å². The van der Waals surface area contributed by atoms with E-state index < -0.39 is 0 Å². The summed E-state index contributed by atoms with van der Waals surface area (Å²) in [6, 6.07) is 7.40. The summed E-state index contributed by atoms with van der Waals surface area (Å²) in [7, 11) is 0. The van der Waals surface area contributed by atoms with E-state index in [9.17, 15) is 4.39 Å². The fourth-order valence-electron chi connectivity index (χ4n) is 2.66. The first-order valence-corrected chi connectivity index (χ1v) is 7.18. The van der Waals surface area contributed by atoms with Crippen molar-refractivity contribution >= 4 is 0 Å². The van der Waals surface area contributed by atoms with Gasteiger partial charge in [0.15, 0.2) is 0 Å². The number of hydrogen-bond donors (Lipinski definition) is 1. The van der Waals surface area contributed by atoms with Gasteiger partial charge in [-0.1, -0.05) is 12.1 Å². The molecule has 0 spiro atoms. The SMILES string of the molecule is CC(C)(C)N1CCC(NCc2cccc(F)c2)CC1. The van der Waals surface area contributed by atoms with Gasteiger partial charge in [-0.05, 0) is 51.3 Å². The zero-order chi connectivity index (χ0) is 13.9. The van der Waals surface area contributed by atoms with Gasteiger partial charge in [0.05, 0.1) is 0 Å². The molecule has 1 aliphatic heterocycles. The third-order valence-electron chi connectivity index (χ3n) is 3.93. The Bertz CT molecular complexity index is 403. The van der Waals surface area contributed by atoms with Crippen molar-refractivity contribution in [1.29, 1.82) is 0 Å². The number of piperidine rings is 1. The molecule has 0 radical (unpaired) electrons. The van der Waals surface area contributed by atoms with Crippen molar-refractivity contribution in [3.05, 3.63) is 35.6 Å². The van der Waals surface area contributed by atoms with Crippen LogP contribution in [-0.4, -0.2) is 29.6 Å². The third kappa shape index (κ3) is 4.29. The lowest BCUT2D eigenvalue weighted by atomic mass is 9.98.